The quantitative estimate of drug-likeness (QED) is 0.529. The van der Waals surface area contributed by atoms with Crippen LogP contribution in [0.4, 0.5) is 0 Å². The van der Waals surface area contributed by atoms with Gasteiger partial charge in [-0.05, 0) is 83.2 Å². The molecule has 2 aliphatic heterocycles. The fourth-order valence-corrected chi connectivity index (χ4v) is 5.00. The lowest BCUT2D eigenvalue weighted by Crippen LogP contribution is -2.44. The highest BCUT2D eigenvalue weighted by Crippen LogP contribution is 2.26. The standard InChI is InChI=1S/C25H34N4O5/c1-25(2,3)34-22(31)15-28-11-9-16(10-12-28)13-17-5-6-18-20(14-17)27(4)24(33)29(18)19-7-8-21(30)26-23(19)32/h5-6,14,16,19H,7-13,15H2,1-4H3,(H,26,30,32). The molecule has 1 N–H and O–H groups in total. The molecular formula is C25H34N4O5. The monoisotopic (exact) mass is 470 g/mol. The van der Waals surface area contributed by atoms with E-state index in [4.69, 9.17) is 4.74 Å². The van der Waals surface area contributed by atoms with Crippen LogP contribution in [0.1, 0.15) is 58.1 Å². The van der Waals surface area contributed by atoms with Gasteiger partial charge in [-0.15, -0.1) is 0 Å². The Bertz CT molecular complexity index is 1160. The second-order valence-corrected chi connectivity index (χ2v) is 10.5. The Morgan fingerprint density at radius 2 is 1.79 bits per heavy atom. The fraction of sp³-hybridized carbons (Fsp3) is 0.600. The number of piperidine rings is 2. The third kappa shape index (κ3) is 5.24. The lowest BCUT2D eigenvalue weighted by atomic mass is 9.90. The molecule has 0 spiro atoms. The summed E-state index contributed by atoms with van der Waals surface area (Å²) in [5.74, 6) is -0.401. The molecule has 9 nitrogen and oxygen atoms in total. The summed E-state index contributed by atoms with van der Waals surface area (Å²) in [5.41, 5.74) is 1.92. The number of esters is 1. The minimum Gasteiger partial charge on any atom is -0.459 e. The van der Waals surface area contributed by atoms with Crippen LogP contribution < -0.4 is 11.0 Å². The van der Waals surface area contributed by atoms with Gasteiger partial charge in [0.15, 0.2) is 0 Å². The Balaban J connectivity index is 1.42. The first-order valence-corrected chi connectivity index (χ1v) is 12.0. The predicted octanol–water partition coefficient (Wildman–Crippen LogP) is 1.91. The number of hydrogen-bond acceptors (Lipinski definition) is 6. The van der Waals surface area contributed by atoms with Crippen molar-refractivity contribution in [3.63, 3.8) is 0 Å². The Labute approximate surface area is 199 Å². The number of imide groups is 1. The molecule has 0 aliphatic carbocycles. The van der Waals surface area contributed by atoms with Crippen molar-refractivity contribution in [2.75, 3.05) is 19.6 Å². The minimum atomic E-state index is -0.672. The average Bonchev–Trinajstić information content (AvgIpc) is 2.98. The van der Waals surface area contributed by atoms with Gasteiger partial charge in [-0.2, -0.15) is 0 Å². The molecule has 1 aromatic heterocycles. The topological polar surface area (TPSA) is 103 Å². The van der Waals surface area contributed by atoms with E-state index in [0.29, 0.717) is 24.4 Å². The first-order chi connectivity index (χ1) is 16.0. The first kappa shape index (κ1) is 24.2. The molecule has 2 fully saturated rings. The molecule has 0 radical (unpaired) electrons. The van der Waals surface area contributed by atoms with Crippen LogP contribution in [0, 0.1) is 5.92 Å². The number of hydrogen-bond donors (Lipinski definition) is 1. The van der Waals surface area contributed by atoms with Gasteiger partial charge in [0.05, 0.1) is 17.6 Å². The maximum absolute atomic E-state index is 12.9. The zero-order valence-corrected chi connectivity index (χ0v) is 20.4. The number of ether oxygens (including phenoxy) is 1. The highest BCUT2D eigenvalue weighted by Gasteiger charge is 2.31. The van der Waals surface area contributed by atoms with E-state index in [2.05, 4.69) is 10.2 Å². The number of benzene rings is 1. The third-order valence-electron chi connectivity index (χ3n) is 6.68. The number of imidazole rings is 1. The molecule has 3 heterocycles. The SMILES string of the molecule is Cn1c(=O)n(C2CCC(=O)NC2=O)c2ccc(CC3CCN(CC(=O)OC(C)(C)C)CC3)cc21. The largest absolute Gasteiger partial charge is 0.459 e. The van der Waals surface area contributed by atoms with Crippen LogP contribution >= 0.6 is 0 Å². The van der Waals surface area contributed by atoms with Gasteiger partial charge < -0.3 is 4.74 Å². The van der Waals surface area contributed by atoms with Crippen LogP contribution in [0.2, 0.25) is 0 Å². The summed E-state index contributed by atoms with van der Waals surface area (Å²) >= 11 is 0. The molecule has 0 saturated carbocycles. The van der Waals surface area contributed by atoms with Crippen LogP contribution in [0.25, 0.3) is 11.0 Å². The number of nitrogens with one attached hydrogen (secondary N) is 1. The number of carbonyl (C=O) groups is 3. The van der Waals surface area contributed by atoms with E-state index in [1.54, 1.807) is 11.6 Å². The molecular weight excluding hydrogens is 436 g/mol. The number of aryl methyl sites for hydroxylation is 1. The van der Waals surface area contributed by atoms with E-state index in [-0.39, 0.29) is 24.0 Å². The van der Waals surface area contributed by atoms with Crippen molar-refractivity contribution in [2.24, 2.45) is 13.0 Å². The average molecular weight is 471 g/mol. The molecule has 9 heteroatoms. The number of likely N-dealkylation sites (tertiary alicyclic amines) is 1. The van der Waals surface area contributed by atoms with Gasteiger partial charge in [0.25, 0.3) is 0 Å². The summed E-state index contributed by atoms with van der Waals surface area (Å²) in [7, 11) is 1.71. The summed E-state index contributed by atoms with van der Waals surface area (Å²) in [4.78, 5) is 51.1. The Morgan fingerprint density at radius 3 is 2.44 bits per heavy atom. The minimum absolute atomic E-state index is 0.183. The summed E-state index contributed by atoms with van der Waals surface area (Å²) in [6, 6.07) is 5.30. The summed E-state index contributed by atoms with van der Waals surface area (Å²) in [5, 5.41) is 2.34. The van der Waals surface area contributed by atoms with Crippen LogP contribution in [-0.4, -0.2) is 57.1 Å². The van der Waals surface area contributed by atoms with Crippen LogP contribution in [-0.2, 0) is 32.6 Å². The van der Waals surface area contributed by atoms with Gasteiger partial charge in [0, 0.05) is 13.5 Å². The zero-order valence-electron chi connectivity index (χ0n) is 20.4. The molecule has 34 heavy (non-hydrogen) atoms. The smallest absolute Gasteiger partial charge is 0.329 e. The van der Waals surface area contributed by atoms with E-state index in [9.17, 15) is 19.2 Å². The molecule has 1 atom stereocenters. The van der Waals surface area contributed by atoms with E-state index in [1.165, 1.54) is 4.57 Å². The lowest BCUT2D eigenvalue weighted by molar-refractivity contribution is -0.156. The van der Waals surface area contributed by atoms with Gasteiger partial charge in [-0.25, -0.2) is 4.79 Å². The van der Waals surface area contributed by atoms with Crippen molar-refractivity contribution in [3.8, 4) is 0 Å². The van der Waals surface area contributed by atoms with E-state index >= 15 is 0 Å². The van der Waals surface area contributed by atoms with Crippen molar-refractivity contribution in [2.45, 2.75) is 64.5 Å². The predicted molar refractivity (Wildman–Crippen MR) is 127 cm³/mol. The summed E-state index contributed by atoms with van der Waals surface area (Å²) < 4.78 is 8.52. The van der Waals surface area contributed by atoms with Crippen LogP contribution in [0.15, 0.2) is 23.0 Å². The van der Waals surface area contributed by atoms with Crippen molar-refractivity contribution in [1.82, 2.24) is 19.4 Å². The van der Waals surface area contributed by atoms with Crippen molar-refractivity contribution >= 4 is 28.8 Å². The second kappa shape index (κ2) is 9.37. The zero-order chi connectivity index (χ0) is 24.6. The number of amides is 2. The van der Waals surface area contributed by atoms with E-state index in [0.717, 1.165) is 43.4 Å². The number of rotatable bonds is 5. The Kier molecular flexibility index (Phi) is 6.66. The molecule has 0 bridgehead atoms. The highest BCUT2D eigenvalue weighted by atomic mass is 16.6. The molecule has 184 valence electrons. The van der Waals surface area contributed by atoms with Crippen LogP contribution in [0.5, 0.6) is 0 Å². The maximum Gasteiger partial charge on any atom is 0.329 e. The Morgan fingerprint density at radius 1 is 1.09 bits per heavy atom. The second-order valence-electron chi connectivity index (χ2n) is 10.5. The third-order valence-corrected chi connectivity index (χ3v) is 6.68. The van der Waals surface area contributed by atoms with Crippen LogP contribution in [0.3, 0.4) is 0 Å². The fourth-order valence-electron chi connectivity index (χ4n) is 5.00. The van der Waals surface area contributed by atoms with E-state index in [1.807, 2.05) is 39.0 Å². The molecule has 2 aliphatic rings. The Hall–Kier alpha value is -2.94. The number of aromatic nitrogens is 2. The molecule has 2 saturated heterocycles. The van der Waals surface area contributed by atoms with Gasteiger partial charge in [0.1, 0.15) is 11.6 Å². The number of nitrogens with zero attached hydrogens (tertiary/aromatic N) is 3. The van der Waals surface area contributed by atoms with E-state index < -0.39 is 17.6 Å². The number of carbonyl (C=O) groups excluding carboxylic acids is 3. The molecule has 2 amide bonds. The van der Waals surface area contributed by atoms with Gasteiger partial charge in [0.2, 0.25) is 11.8 Å². The van der Waals surface area contributed by atoms with Crippen molar-refractivity contribution < 1.29 is 19.1 Å². The highest BCUT2D eigenvalue weighted by molar-refractivity contribution is 6.00. The van der Waals surface area contributed by atoms with Gasteiger partial charge in [-0.1, -0.05) is 6.07 Å². The summed E-state index contributed by atoms with van der Waals surface area (Å²) in [6.07, 6.45) is 3.44. The van der Waals surface area contributed by atoms with Crippen molar-refractivity contribution in [3.05, 3.63) is 34.2 Å². The molecule has 1 unspecified atom stereocenters. The molecule has 4 rings (SSSR count). The first-order valence-electron chi connectivity index (χ1n) is 12.0. The molecule has 2 aromatic rings. The number of fused-ring (bicyclic) bond motifs is 1. The summed E-state index contributed by atoms with van der Waals surface area (Å²) in [6.45, 7) is 7.67. The van der Waals surface area contributed by atoms with Gasteiger partial charge >= 0.3 is 11.7 Å². The lowest BCUT2D eigenvalue weighted by Gasteiger charge is -2.32. The maximum atomic E-state index is 12.9. The normalized spacial score (nSPS) is 20.5. The van der Waals surface area contributed by atoms with Crippen molar-refractivity contribution in [1.29, 1.82) is 0 Å². The van der Waals surface area contributed by atoms with Gasteiger partial charge in [-0.3, -0.25) is 33.7 Å². The molecule has 1 aromatic carbocycles.